The van der Waals surface area contributed by atoms with Crippen molar-refractivity contribution in [2.24, 2.45) is 5.73 Å². The molecule has 0 bridgehead atoms. The summed E-state index contributed by atoms with van der Waals surface area (Å²) in [6.45, 7) is 2.21. The van der Waals surface area contributed by atoms with Crippen LogP contribution in [0.15, 0.2) is 6.20 Å². The van der Waals surface area contributed by atoms with Crippen molar-refractivity contribution in [1.82, 2.24) is 9.78 Å². The third kappa shape index (κ3) is 3.30. The average Bonchev–Trinajstić information content (AvgIpc) is 2.69. The standard InChI is InChI=1S/C10H14N4O4/c1-2-14-9(10(11)18)6(5-12-14)13-7(15)3-4-8(16)17/h5H,2-4H2,1H3,(H2,11,18)(H,13,15)(H,16,17). The van der Waals surface area contributed by atoms with Crippen LogP contribution in [0.25, 0.3) is 0 Å². The van der Waals surface area contributed by atoms with Gasteiger partial charge in [-0.1, -0.05) is 0 Å². The van der Waals surface area contributed by atoms with E-state index in [0.717, 1.165) is 0 Å². The molecule has 18 heavy (non-hydrogen) atoms. The van der Waals surface area contributed by atoms with Gasteiger partial charge in [-0.15, -0.1) is 0 Å². The van der Waals surface area contributed by atoms with E-state index in [1.54, 1.807) is 6.92 Å². The first-order chi connectivity index (χ1) is 8.45. The SMILES string of the molecule is CCn1ncc(NC(=O)CCC(=O)O)c1C(N)=O. The highest BCUT2D eigenvalue weighted by atomic mass is 16.4. The molecule has 1 aromatic heterocycles. The summed E-state index contributed by atoms with van der Waals surface area (Å²) >= 11 is 0. The Kier molecular flexibility index (Phi) is 4.41. The summed E-state index contributed by atoms with van der Waals surface area (Å²) in [5.41, 5.74) is 5.48. The third-order valence-corrected chi connectivity index (χ3v) is 2.21. The van der Waals surface area contributed by atoms with Gasteiger partial charge in [0.15, 0.2) is 0 Å². The monoisotopic (exact) mass is 254 g/mol. The van der Waals surface area contributed by atoms with Crippen LogP contribution in [-0.4, -0.2) is 32.7 Å². The smallest absolute Gasteiger partial charge is 0.303 e. The van der Waals surface area contributed by atoms with E-state index >= 15 is 0 Å². The maximum Gasteiger partial charge on any atom is 0.303 e. The van der Waals surface area contributed by atoms with Crippen LogP contribution in [0.4, 0.5) is 5.69 Å². The second-order valence-corrected chi connectivity index (χ2v) is 3.53. The molecule has 0 unspecified atom stereocenters. The van der Waals surface area contributed by atoms with Gasteiger partial charge in [-0.3, -0.25) is 19.1 Å². The summed E-state index contributed by atoms with van der Waals surface area (Å²) in [5.74, 6) is -2.28. The number of nitrogens with one attached hydrogen (secondary N) is 1. The van der Waals surface area contributed by atoms with E-state index in [2.05, 4.69) is 10.4 Å². The minimum Gasteiger partial charge on any atom is -0.481 e. The summed E-state index contributed by atoms with van der Waals surface area (Å²) in [6, 6.07) is 0. The van der Waals surface area contributed by atoms with Gasteiger partial charge < -0.3 is 16.2 Å². The van der Waals surface area contributed by atoms with Gasteiger partial charge in [-0.2, -0.15) is 5.10 Å². The van der Waals surface area contributed by atoms with Gasteiger partial charge in [-0.05, 0) is 6.92 Å². The lowest BCUT2D eigenvalue weighted by atomic mass is 10.2. The van der Waals surface area contributed by atoms with E-state index in [1.165, 1.54) is 10.9 Å². The van der Waals surface area contributed by atoms with Crippen LogP contribution < -0.4 is 11.1 Å². The molecule has 4 N–H and O–H groups in total. The molecular formula is C10H14N4O4. The van der Waals surface area contributed by atoms with Crippen molar-refractivity contribution < 1.29 is 19.5 Å². The van der Waals surface area contributed by atoms with Crippen molar-refractivity contribution >= 4 is 23.5 Å². The molecule has 8 heteroatoms. The molecule has 0 aliphatic carbocycles. The van der Waals surface area contributed by atoms with Crippen molar-refractivity contribution in [1.29, 1.82) is 0 Å². The van der Waals surface area contributed by atoms with E-state index in [0.29, 0.717) is 6.54 Å². The fraction of sp³-hybridized carbons (Fsp3) is 0.400. The fourth-order valence-electron chi connectivity index (χ4n) is 1.41. The van der Waals surface area contributed by atoms with Crippen molar-refractivity contribution in [3.8, 4) is 0 Å². The third-order valence-electron chi connectivity index (χ3n) is 2.21. The van der Waals surface area contributed by atoms with Gasteiger partial charge in [0.2, 0.25) is 5.91 Å². The first kappa shape index (κ1) is 13.7. The summed E-state index contributed by atoms with van der Waals surface area (Å²) in [4.78, 5) is 33.0. The van der Waals surface area contributed by atoms with Gasteiger partial charge in [0.1, 0.15) is 5.69 Å². The molecule has 0 aliphatic heterocycles. The lowest BCUT2D eigenvalue weighted by Gasteiger charge is -2.05. The van der Waals surface area contributed by atoms with Crippen molar-refractivity contribution in [3.63, 3.8) is 0 Å². The lowest BCUT2D eigenvalue weighted by molar-refractivity contribution is -0.138. The first-order valence-electron chi connectivity index (χ1n) is 5.33. The van der Waals surface area contributed by atoms with Crippen LogP contribution in [0.3, 0.4) is 0 Å². The van der Waals surface area contributed by atoms with Crippen molar-refractivity contribution in [2.75, 3.05) is 5.32 Å². The normalized spacial score (nSPS) is 10.1. The number of rotatable bonds is 6. The molecule has 8 nitrogen and oxygen atoms in total. The second-order valence-electron chi connectivity index (χ2n) is 3.53. The second kappa shape index (κ2) is 5.80. The molecule has 0 saturated carbocycles. The molecule has 1 aromatic rings. The van der Waals surface area contributed by atoms with E-state index < -0.39 is 17.8 Å². The quantitative estimate of drug-likeness (QED) is 0.648. The van der Waals surface area contributed by atoms with Crippen LogP contribution in [-0.2, 0) is 16.1 Å². The number of carbonyl (C=O) groups excluding carboxylic acids is 2. The maximum absolute atomic E-state index is 11.4. The number of primary amides is 1. The molecule has 0 aromatic carbocycles. The Morgan fingerprint density at radius 3 is 2.61 bits per heavy atom. The van der Waals surface area contributed by atoms with Gasteiger partial charge in [-0.25, -0.2) is 0 Å². The molecule has 0 radical (unpaired) electrons. The Morgan fingerprint density at radius 1 is 1.44 bits per heavy atom. The maximum atomic E-state index is 11.4. The highest BCUT2D eigenvalue weighted by Crippen LogP contribution is 2.14. The Bertz CT molecular complexity index is 480. The minimum atomic E-state index is -1.07. The Balaban J connectivity index is 2.78. The van der Waals surface area contributed by atoms with Crippen LogP contribution in [0, 0.1) is 0 Å². The minimum absolute atomic E-state index is 0.0983. The van der Waals surface area contributed by atoms with Crippen molar-refractivity contribution in [3.05, 3.63) is 11.9 Å². The number of amides is 2. The first-order valence-corrected chi connectivity index (χ1v) is 5.33. The highest BCUT2D eigenvalue weighted by molar-refractivity contribution is 6.02. The van der Waals surface area contributed by atoms with Crippen LogP contribution in [0.1, 0.15) is 30.3 Å². The molecule has 0 spiro atoms. The predicted octanol–water partition coefficient (Wildman–Crippen LogP) is -0.195. The topological polar surface area (TPSA) is 127 Å². The van der Waals surface area contributed by atoms with Crippen LogP contribution in [0.2, 0.25) is 0 Å². The molecule has 2 amide bonds. The van der Waals surface area contributed by atoms with Gasteiger partial charge in [0.05, 0.1) is 18.3 Å². The van der Waals surface area contributed by atoms with Crippen LogP contribution in [0.5, 0.6) is 0 Å². The molecular weight excluding hydrogens is 240 g/mol. The molecule has 98 valence electrons. The Hall–Kier alpha value is -2.38. The van der Waals surface area contributed by atoms with E-state index in [1.807, 2.05) is 0 Å². The summed E-state index contributed by atoms with van der Waals surface area (Å²) in [7, 11) is 0. The molecule has 1 heterocycles. The lowest BCUT2D eigenvalue weighted by Crippen LogP contribution is -2.21. The Labute approximate surface area is 103 Å². The van der Waals surface area contributed by atoms with Crippen LogP contribution >= 0.6 is 0 Å². The largest absolute Gasteiger partial charge is 0.481 e. The number of aryl methyl sites for hydroxylation is 1. The number of aromatic nitrogens is 2. The fourth-order valence-corrected chi connectivity index (χ4v) is 1.41. The zero-order chi connectivity index (χ0) is 13.7. The molecule has 1 rings (SSSR count). The molecule has 0 fully saturated rings. The molecule has 0 aliphatic rings. The van der Waals surface area contributed by atoms with E-state index in [9.17, 15) is 14.4 Å². The zero-order valence-electron chi connectivity index (χ0n) is 9.84. The molecule has 0 atom stereocenters. The number of anilines is 1. The van der Waals surface area contributed by atoms with E-state index in [4.69, 9.17) is 10.8 Å². The summed E-state index contributed by atoms with van der Waals surface area (Å²) in [5, 5.41) is 14.7. The zero-order valence-corrected chi connectivity index (χ0v) is 9.84. The number of carboxylic acids is 1. The summed E-state index contributed by atoms with van der Waals surface area (Å²) < 4.78 is 1.36. The van der Waals surface area contributed by atoms with E-state index in [-0.39, 0.29) is 24.2 Å². The number of hydrogen-bond acceptors (Lipinski definition) is 4. The molecule has 0 saturated heterocycles. The highest BCUT2D eigenvalue weighted by Gasteiger charge is 2.17. The van der Waals surface area contributed by atoms with Gasteiger partial charge in [0, 0.05) is 13.0 Å². The number of nitrogens with two attached hydrogens (primary N) is 1. The average molecular weight is 254 g/mol. The number of carbonyl (C=O) groups is 3. The predicted molar refractivity (Wildman–Crippen MR) is 61.9 cm³/mol. The van der Waals surface area contributed by atoms with Crippen molar-refractivity contribution in [2.45, 2.75) is 26.3 Å². The number of hydrogen-bond donors (Lipinski definition) is 3. The number of nitrogens with zero attached hydrogens (tertiary/aromatic N) is 2. The van der Waals surface area contributed by atoms with Gasteiger partial charge >= 0.3 is 5.97 Å². The Morgan fingerprint density at radius 2 is 2.11 bits per heavy atom. The summed E-state index contributed by atoms with van der Waals surface area (Å²) in [6.07, 6.45) is 0.854. The number of aliphatic carboxylic acids is 1. The van der Waals surface area contributed by atoms with Gasteiger partial charge in [0.25, 0.3) is 5.91 Å². The number of carboxylic acid groups (broad SMARTS) is 1.